The van der Waals surface area contributed by atoms with Crippen LogP contribution in [0.15, 0.2) is 0 Å². The monoisotopic (exact) mass is 144 g/mol. The fraction of sp³-hybridized carbons (Fsp3) is 1.00. The van der Waals surface area contributed by atoms with Crippen LogP contribution < -0.4 is 11.1 Å². The van der Waals surface area contributed by atoms with Gasteiger partial charge in [-0.05, 0) is 19.3 Å². The van der Waals surface area contributed by atoms with E-state index in [0.29, 0.717) is 6.04 Å². The quantitative estimate of drug-likeness (QED) is 0.509. The summed E-state index contributed by atoms with van der Waals surface area (Å²) >= 11 is 0. The second-order valence-electron chi connectivity index (χ2n) is 3.39. The van der Waals surface area contributed by atoms with Crippen molar-refractivity contribution in [2.45, 2.75) is 43.6 Å². The predicted molar refractivity (Wildman–Crippen MR) is 37.4 cm³/mol. The number of nitrogens with one attached hydrogen (secondary N) is 1. The van der Waals surface area contributed by atoms with Gasteiger partial charge in [0.1, 0.15) is 6.17 Å². The Morgan fingerprint density at radius 3 is 3.00 bits per heavy atom. The zero-order valence-electron chi connectivity index (χ0n) is 5.89. The first-order valence-corrected chi connectivity index (χ1v) is 3.93. The first-order chi connectivity index (χ1) is 4.77. The minimum Gasteiger partial charge on any atom is -0.325 e. The van der Waals surface area contributed by atoms with Gasteiger partial charge in [-0.15, -0.1) is 0 Å². The summed E-state index contributed by atoms with van der Waals surface area (Å²) in [5.41, 5.74) is 5.58. The summed E-state index contributed by atoms with van der Waals surface area (Å²) in [5, 5.41) is 3.22. The van der Waals surface area contributed by atoms with Crippen molar-refractivity contribution in [2.24, 2.45) is 5.73 Å². The maximum atomic E-state index is 13.1. The highest BCUT2D eigenvalue weighted by Gasteiger charge is 2.39. The van der Waals surface area contributed by atoms with Gasteiger partial charge in [0.05, 0.1) is 0 Å². The van der Waals surface area contributed by atoms with E-state index in [9.17, 15) is 4.39 Å². The van der Waals surface area contributed by atoms with Crippen LogP contribution in [-0.2, 0) is 0 Å². The smallest absolute Gasteiger partial charge is 0.130 e. The van der Waals surface area contributed by atoms with Crippen molar-refractivity contribution < 1.29 is 4.39 Å². The number of halogens is 1. The average Bonchev–Trinajstić information content (AvgIpc) is 2.29. The van der Waals surface area contributed by atoms with Gasteiger partial charge in [-0.25, -0.2) is 4.39 Å². The predicted octanol–water partition coefficient (Wildman–Crippen LogP) is 0.176. The van der Waals surface area contributed by atoms with Gasteiger partial charge >= 0.3 is 0 Å². The number of alkyl halides is 1. The molecule has 0 aromatic rings. The molecular formula is C7H13FN2. The van der Waals surface area contributed by atoms with Gasteiger partial charge in [-0.3, -0.25) is 0 Å². The van der Waals surface area contributed by atoms with Crippen LogP contribution in [0.1, 0.15) is 19.3 Å². The lowest BCUT2D eigenvalue weighted by atomic mass is 9.99. The molecule has 10 heavy (non-hydrogen) atoms. The van der Waals surface area contributed by atoms with E-state index in [0.717, 1.165) is 19.3 Å². The molecule has 0 saturated carbocycles. The standard InChI is InChI=1S/C7H13FN2/c8-7-5(9)3-4-1-2-6(7)10-4/h4-7,10H,1-3,9H2/t4-,5-,6+,7-/m0/s1. The molecule has 0 radical (unpaired) electrons. The topological polar surface area (TPSA) is 38.0 Å². The third kappa shape index (κ3) is 0.847. The van der Waals surface area contributed by atoms with E-state index < -0.39 is 6.17 Å². The molecular weight excluding hydrogens is 131 g/mol. The summed E-state index contributed by atoms with van der Waals surface area (Å²) < 4.78 is 13.1. The van der Waals surface area contributed by atoms with E-state index in [1.807, 2.05) is 0 Å². The fourth-order valence-electron chi connectivity index (χ4n) is 2.04. The van der Waals surface area contributed by atoms with Crippen molar-refractivity contribution in [1.29, 1.82) is 0 Å². The number of rotatable bonds is 0. The lowest BCUT2D eigenvalue weighted by Crippen LogP contribution is -2.53. The summed E-state index contributed by atoms with van der Waals surface area (Å²) in [4.78, 5) is 0. The molecule has 0 amide bonds. The van der Waals surface area contributed by atoms with Crippen molar-refractivity contribution in [1.82, 2.24) is 5.32 Å². The van der Waals surface area contributed by atoms with Gasteiger partial charge in [0.25, 0.3) is 0 Å². The lowest BCUT2D eigenvalue weighted by Gasteiger charge is -2.29. The minimum atomic E-state index is -0.807. The van der Waals surface area contributed by atoms with Crippen molar-refractivity contribution in [3.63, 3.8) is 0 Å². The van der Waals surface area contributed by atoms with Crippen LogP contribution in [0.4, 0.5) is 4.39 Å². The van der Waals surface area contributed by atoms with Crippen LogP contribution >= 0.6 is 0 Å². The van der Waals surface area contributed by atoms with Crippen molar-refractivity contribution in [3.05, 3.63) is 0 Å². The average molecular weight is 144 g/mol. The van der Waals surface area contributed by atoms with Gasteiger partial charge in [-0.2, -0.15) is 0 Å². The van der Waals surface area contributed by atoms with Crippen molar-refractivity contribution in [2.75, 3.05) is 0 Å². The summed E-state index contributed by atoms with van der Waals surface area (Å²) in [6, 6.07) is 0.361. The Labute approximate surface area is 60.0 Å². The van der Waals surface area contributed by atoms with Crippen LogP contribution in [0.2, 0.25) is 0 Å². The van der Waals surface area contributed by atoms with E-state index in [1.165, 1.54) is 0 Å². The van der Waals surface area contributed by atoms with Gasteiger partial charge in [0.2, 0.25) is 0 Å². The number of hydrogen-bond donors (Lipinski definition) is 2. The molecule has 3 heteroatoms. The van der Waals surface area contributed by atoms with E-state index in [4.69, 9.17) is 5.73 Å². The number of hydrogen-bond acceptors (Lipinski definition) is 2. The molecule has 4 atom stereocenters. The highest BCUT2D eigenvalue weighted by atomic mass is 19.1. The maximum absolute atomic E-state index is 13.1. The second-order valence-corrected chi connectivity index (χ2v) is 3.39. The molecule has 2 saturated heterocycles. The molecule has 2 bridgehead atoms. The highest BCUT2D eigenvalue weighted by Crippen LogP contribution is 2.27. The van der Waals surface area contributed by atoms with E-state index in [1.54, 1.807) is 0 Å². The Bertz CT molecular complexity index is 140. The zero-order valence-corrected chi connectivity index (χ0v) is 5.89. The molecule has 3 N–H and O–H groups in total. The molecule has 2 aliphatic heterocycles. The minimum absolute atomic E-state index is 0.0637. The Kier molecular flexibility index (Phi) is 1.42. The van der Waals surface area contributed by atoms with E-state index in [-0.39, 0.29) is 12.1 Å². The van der Waals surface area contributed by atoms with E-state index in [2.05, 4.69) is 5.32 Å². The van der Waals surface area contributed by atoms with Gasteiger partial charge in [-0.1, -0.05) is 0 Å². The molecule has 2 aliphatic rings. The Morgan fingerprint density at radius 2 is 2.20 bits per heavy atom. The summed E-state index contributed by atoms with van der Waals surface area (Å²) in [5.74, 6) is 0. The summed E-state index contributed by atoms with van der Waals surface area (Å²) in [7, 11) is 0. The molecule has 0 aromatic heterocycles. The third-order valence-electron chi connectivity index (χ3n) is 2.63. The highest BCUT2D eigenvalue weighted by molar-refractivity contribution is 4.99. The molecule has 2 rings (SSSR count). The van der Waals surface area contributed by atoms with Crippen LogP contribution in [0.5, 0.6) is 0 Å². The number of nitrogens with two attached hydrogens (primary N) is 1. The Balaban J connectivity index is 2.09. The van der Waals surface area contributed by atoms with Gasteiger partial charge < -0.3 is 11.1 Å². The molecule has 2 nitrogen and oxygen atoms in total. The Hall–Kier alpha value is -0.150. The fourth-order valence-corrected chi connectivity index (χ4v) is 2.04. The SMILES string of the molecule is N[C@H]1C[C@@H]2CC[C@@H](N2)[C@H]1F. The molecule has 58 valence electrons. The normalized spacial score (nSPS) is 53.4. The lowest BCUT2D eigenvalue weighted by molar-refractivity contribution is 0.180. The summed E-state index contributed by atoms with van der Waals surface area (Å²) in [6.45, 7) is 0. The van der Waals surface area contributed by atoms with Gasteiger partial charge in [0, 0.05) is 18.1 Å². The van der Waals surface area contributed by atoms with E-state index >= 15 is 0 Å². The third-order valence-corrected chi connectivity index (χ3v) is 2.63. The van der Waals surface area contributed by atoms with Crippen LogP contribution in [0.3, 0.4) is 0 Å². The molecule has 2 fully saturated rings. The first kappa shape index (κ1) is 6.55. The second kappa shape index (κ2) is 2.17. The van der Waals surface area contributed by atoms with Gasteiger partial charge in [0.15, 0.2) is 0 Å². The van der Waals surface area contributed by atoms with Crippen molar-refractivity contribution in [3.8, 4) is 0 Å². The van der Waals surface area contributed by atoms with Crippen LogP contribution in [-0.4, -0.2) is 24.3 Å². The summed E-state index contributed by atoms with van der Waals surface area (Å²) in [6.07, 6.45) is 2.09. The van der Waals surface area contributed by atoms with Crippen molar-refractivity contribution >= 4 is 0 Å². The van der Waals surface area contributed by atoms with Crippen LogP contribution in [0.25, 0.3) is 0 Å². The molecule has 0 unspecified atom stereocenters. The molecule has 0 aromatic carbocycles. The first-order valence-electron chi connectivity index (χ1n) is 3.93. The Morgan fingerprint density at radius 1 is 1.40 bits per heavy atom. The van der Waals surface area contributed by atoms with Crippen LogP contribution in [0, 0.1) is 0 Å². The number of fused-ring (bicyclic) bond motifs is 2. The molecule has 2 heterocycles. The molecule has 0 aliphatic carbocycles. The zero-order chi connectivity index (χ0) is 7.14. The molecule has 0 spiro atoms. The maximum Gasteiger partial charge on any atom is 0.130 e. The number of piperidine rings is 1. The largest absolute Gasteiger partial charge is 0.325 e.